The molecule has 3 rings (SSSR count). The first-order valence-electron chi connectivity index (χ1n) is 7.03. The number of hydrogen-bond acceptors (Lipinski definition) is 4. The van der Waals surface area contributed by atoms with Crippen molar-refractivity contribution < 1.29 is 22.7 Å². The summed E-state index contributed by atoms with van der Waals surface area (Å²) < 4.78 is 41.5. The first-order valence-corrected chi connectivity index (χ1v) is 8.52. The molecule has 0 spiro atoms. The summed E-state index contributed by atoms with van der Waals surface area (Å²) in [6.07, 6.45) is 1.41. The van der Waals surface area contributed by atoms with Gasteiger partial charge in [-0.1, -0.05) is 12.1 Å². The molecule has 3 aromatic rings. The van der Waals surface area contributed by atoms with Crippen molar-refractivity contribution in [2.75, 3.05) is 4.72 Å². The molecule has 128 valence electrons. The summed E-state index contributed by atoms with van der Waals surface area (Å²) in [6, 6.07) is 12.1. The zero-order valence-electron chi connectivity index (χ0n) is 12.6. The zero-order valence-corrected chi connectivity index (χ0v) is 13.4. The number of sulfonamides is 1. The van der Waals surface area contributed by atoms with Crippen molar-refractivity contribution >= 4 is 21.7 Å². The van der Waals surface area contributed by atoms with Gasteiger partial charge in [-0.3, -0.25) is 4.72 Å². The van der Waals surface area contributed by atoms with Crippen molar-refractivity contribution in [2.24, 2.45) is 0 Å². The minimum absolute atomic E-state index is 0.101. The fourth-order valence-electron chi connectivity index (χ4n) is 2.15. The molecule has 2 aromatic carbocycles. The van der Waals surface area contributed by atoms with Gasteiger partial charge in [-0.05, 0) is 42.5 Å². The van der Waals surface area contributed by atoms with Crippen LogP contribution in [0.5, 0.6) is 0 Å². The molecule has 9 heteroatoms. The molecule has 2 N–H and O–H groups in total. The van der Waals surface area contributed by atoms with Gasteiger partial charge in [-0.2, -0.15) is 5.10 Å². The van der Waals surface area contributed by atoms with E-state index in [1.807, 2.05) is 0 Å². The number of hydrogen-bond donors (Lipinski definition) is 2. The minimum atomic E-state index is -3.94. The van der Waals surface area contributed by atoms with Crippen molar-refractivity contribution in [3.05, 3.63) is 72.3 Å². The smallest absolute Gasteiger partial charge is 0.356 e. The van der Waals surface area contributed by atoms with Crippen LogP contribution < -0.4 is 4.72 Å². The summed E-state index contributed by atoms with van der Waals surface area (Å²) in [5, 5.41) is 12.8. The number of nitrogens with one attached hydrogen (secondary N) is 1. The highest BCUT2D eigenvalue weighted by molar-refractivity contribution is 7.92. The molecule has 0 bridgehead atoms. The van der Waals surface area contributed by atoms with Crippen LogP contribution in [0.3, 0.4) is 0 Å². The Labute approximate surface area is 142 Å². The Morgan fingerprint density at radius 2 is 1.76 bits per heavy atom. The van der Waals surface area contributed by atoms with Crippen molar-refractivity contribution in [3.8, 4) is 5.69 Å². The van der Waals surface area contributed by atoms with E-state index in [9.17, 15) is 17.6 Å². The van der Waals surface area contributed by atoms with Gasteiger partial charge >= 0.3 is 5.97 Å². The lowest BCUT2D eigenvalue weighted by Crippen LogP contribution is -2.15. The lowest BCUT2D eigenvalue weighted by molar-refractivity contribution is 0.0690. The first-order chi connectivity index (χ1) is 11.9. The van der Waals surface area contributed by atoms with Crippen LogP contribution in [0.4, 0.5) is 10.1 Å². The van der Waals surface area contributed by atoms with Gasteiger partial charge in [0.05, 0.1) is 16.3 Å². The van der Waals surface area contributed by atoms with Crippen molar-refractivity contribution in [3.63, 3.8) is 0 Å². The van der Waals surface area contributed by atoms with Gasteiger partial charge in [-0.15, -0.1) is 0 Å². The average molecular weight is 361 g/mol. The SMILES string of the molecule is O=C(O)c1ccn(-c2ccccc2NS(=O)(=O)c2ccc(F)cc2)n1. The number of carboxylic acids is 1. The molecule has 0 aliphatic carbocycles. The largest absolute Gasteiger partial charge is 0.476 e. The van der Waals surface area contributed by atoms with E-state index in [-0.39, 0.29) is 16.3 Å². The molecule has 0 fully saturated rings. The second-order valence-corrected chi connectivity index (χ2v) is 6.71. The number of anilines is 1. The normalized spacial score (nSPS) is 11.2. The maximum atomic E-state index is 13.0. The highest BCUT2D eigenvalue weighted by Gasteiger charge is 2.17. The molecule has 0 aliphatic rings. The molecule has 0 unspecified atom stereocenters. The van der Waals surface area contributed by atoms with E-state index < -0.39 is 21.8 Å². The van der Waals surface area contributed by atoms with Crippen LogP contribution in [0.2, 0.25) is 0 Å². The van der Waals surface area contributed by atoms with E-state index >= 15 is 0 Å². The van der Waals surface area contributed by atoms with E-state index in [1.54, 1.807) is 18.2 Å². The van der Waals surface area contributed by atoms with Crippen molar-refractivity contribution in [1.29, 1.82) is 0 Å². The van der Waals surface area contributed by atoms with E-state index in [1.165, 1.54) is 23.0 Å². The average Bonchev–Trinajstić information content (AvgIpc) is 3.05. The van der Waals surface area contributed by atoms with E-state index in [0.717, 1.165) is 24.3 Å². The van der Waals surface area contributed by atoms with E-state index in [2.05, 4.69) is 9.82 Å². The number of carbonyl (C=O) groups is 1. The number of aromatic carboxylic acids is 1. The molecule has 1 aromatic heterocycles. The Kier molecular flexibility index (Phi) is 4.24. The minimum Gasteiger partial charge on any atom is -0.476 e. The third-order valence-electron chi connectivity index (χ3n) is 3.33. The lowest BCUT2D eigenvalue weighted by atomic mass is 10.3. The van der Waals surface area contributed by atoms with Crippen LogP contribution >= 0.6 is 0 Å². The number of para-hydroxylation sites is 2. The fourth-order valence-corrected chi connectivity index (χ4v) is 3.22. The Balaban J connectivity index is 1.98. The molecule has 0 saturated carbocycles. The monoisotopic (exact) mass is 361 g/mol. The molecule has 0 amide bonds. The second-order valence-electron chi connectivity index (χ2n) is 5.03. The number of halogens is 1. The first kappa shape index (κ1) is 16.7. The maximum absolute atomic E-state index is 13.0. The summed E-state index contributed by atoms with van der Waals surface area (Å²) in [6.45, 7) is 0. The van der Waals surface area contributed by atoms with Crippen molar-refractivity contribution in [1.82, 2.24) is 9.78 Å². The molecular weight excluding hydrogens is 349 g/mol. The maximum Gasteiger partial charge on any atom is 0.356 e. The number of benzene rings is 2. The van der Waals surface area contributed by atoms with Crippen LogP contribution in [0, 0.1) is 5.82 Å². The van der Waals surface area contributed by atoms with Gasteiger partial charge in [0.1, 0.15) is 5.82 Å². The number of carboxylic acid groups (broad SMARTS) is 1. The Hall–Kier alpha value is -3.20. The van der Waals surface area contributed by atoms with E-state index in [0.29, 0.717) is 5.69 Å². The fraction of sp³-hybridized carbons (Fsp3) is 0. The summed E-state index contributed by atoms with van der Waals surface area (Å²) in [5.41, 5.74) is 0.378. The van der Waals surface area contributed by atoms with Gasteiger partial charge in [-0.25, -0.2) is 22.3 Å². The van der Waals surface area contributed by atoms with Gasteiger partial charge in [0.25, 0.3) is 10.0 Å². The lowest BCUT2D eigenvalue weighted by Gasteiger charge is -2.12. The third kappa shape index (κ3) is 3.50. The summed E-state index contributed by atoms with van der Waals surface area (Å²) >= 11 is 0. The molecule has 1 heterocycles. The Bertz CT molecular complexity index is 1030. The molecule has 25 heavy (non-hydrogen) atoms. The predicted molar refractivity (Wildman–Crippen MR) is 87.7 cm³/mol. The second kappa shape index (κ2) is 6.36. The highest BCUT2D eigenvalue weighted by atomic mass is 32.2. The molecule has 0 aliphatic heterocycles. The van der Waals surface area contributed by atoms with E-state index in [4.69, 9.17) is 5.11 Å². The Morgan fingerprint density at radius 1 is 1.08 bits per heavy atom. The summed E-state index contributed by atoms with van der Waals surface area (Å²) in [4.78, 5) is 10.9. The standard InChI is InChI=1S/C16H12FN3O4S/c17-11-5-7-12(8-6-11)25(23,24)19-13-3-1-2-4-15(13)20-10-9-14(18-20)16(21)22/h1-10,19H,(H,21,22). The summed E-state index contributed by atoms with van der Waals surface area (Å²) in [5.74, 6) is -1.74. The third-order valence-corrected chi connectivity index (χ3v) is 4.71. The number of nitrogens with zero attached hydrogens (tertiary/aromatic N) is 2. The van der Waals surface area contributed by atoms with Gasteiger partial charge in [0, 0.05) is 6.20 Å². The van der Waals surface area contributed by atoms with Gasteiger partial charge < -0.3 is 5.11 Å². The predicted octanol–water partition coefficient (Wildman–Crippen LogP) is 2.51. The molecule has 7 nitrogen and oxygen atoms in total. The van der Waals surface area contributed by atoms with Crippen LogP contribution in [0.1, 0.15) is 10.5 Å². The zero-order chi connectivity index (χ0) is 18.0. The van der Waals surface area contributed by atoms with Gasteiger partial charge in [0.15, 0.2) is 5.69 Å². The number of aromatic nitrogens is 2. The van der Waals surface area contributed by atoms with Crippen LogP contribution in [-0.4, -0.2) is 29.3 Å². The van der Waals surface area contributed by atoms with Crippen molar-refractivity contribution in [2.45, 2.75) is 4.90 Å². The topological polar surface area (TPSA) is 101 Å². The number of rotatable bonds is 5. The summed E-state index contributed by atoms with van der Waals surface area (Å²) in [7, 11) is -3.94. The Morgan fingerprint density at radius 3 is 2.40 bits per heavy atom. The molecule has 0 atom stereocenters. The van der Waals surface area contributed by atoms with Crippen LogP contribution in [0.25, 0.3) is 5.69 Å². The quantitative estimate of drug-likeness (QED) is 0.727. The molecule has 0 radical (unpaired) electrons. The molecular formula is C16H12FN3O4S. The van der Waals surface area contributed by atoms with Crippen LogP contribution in [0.15, 0.2) is 65.7 Å². The highest BCUT2D eigenvalue weighted by Crippen LogP contribution is 2.23. The van der Waals surface area contributed by atoms with Gasteiger partial charge in [0.2, 0.25) is 0 Å². The molecule has 0 saturated heterocycles. The van der Waals surface area contributed by atoms with Crippen LogP contribution in [-0.2, 0) is 10.0 Å².